The number of hydrogen-bond donors (Lipinski definition) is 0. The highest BCUT2D eigenvalue weighted by molar-refractivity contribution is 7.18. The molecule has 0 aliphatic carbocycles. The molecule has 0 N–H and O–H groups in total. The number of hydrogen-bond acceptors (Lipinski definition) is 8. The van der Waals surface area contributed by atoms with E-state index in [1.165, 1.54) is 0 Å². The zero-order valence-corrected chi connectivity index (χ0v) is 19.1. The van der Waals surface area contributed by atoms with E-state index >= 15 is 0 Å². The summed E-state index contributed by atoms with van der Waals surface area (Å²) in [5.41, 5.74) is 0.360. The van der Waals surface area contributed by atoms with E-state index in [-0.39, 0.29) is 5.97 Å². The van der Waals surface area contributed by atoms with Gasteiger partial charge in [-0.1, -0.05) is 0 Å². The summed E-state index contributed by atoms with van der Waals surface area (Å²) < 4.78 is 23.2. The van der Waals surface area contributed by atoms with Crippen molar-refractivity contribution >= 4 is 27.5 Å². The summed E-state index contributed by atoms with van der Waals surface area (Å²) in [5.74, 6) is 1.08. The third-order valence-electron chi connectivity index (χ3n) is 3.85. The zero-order valence-electron chi connectivity index (χ0n) is 18.2. The standard InChI is InChI=1S/C21H32N2O5S/c1-21(2,3)28-20(24)8-7-19-22-15-13-17(16(25-6)14-18(15)29-19)27-12-11-26-10-9-23(4)5/h13-14H,7-12H2,1-6H3. The second kappa shape index (κ2) is 10.8. The van der Waals surface area contributed by atoms with Crippen molar-refractivity contribution in [3.8, 4) is 11.5 Å². The lowest BCUT2D eigenvalue weighted by molar-refractivity contribution is -0.154. The Labute approximate surface area is 176 Å². The fourth-order valence-corrected chi connectivity index (χ4v) is 3.50. The molecule has 0 amide bonds. The monoisotopic (exact) mass is 424 g/mol. The first-order valence-electron chi connectivity index (χ1n) is 9.72. The molecule has 29 heavy (non-hydrogen) atoms. The largest absolute Gasteiger partial charge is 0.493 e. The minimum absolute atomic E-state index is 0.215. The number of benzene rings is 1. The summed E-state index contributed by atoms with van der Waals surface area (Å²) in [4.78, 5) is 18.6. The number of likely N-dealkylation sites (N-methyl/N-ethyl adjacent to an activating group) is 1. The van der Waals surface area contributed by atoms with Crippen LogP contribution < -0.4 is 9.47 Å². The first-order valence-corrected chi connectivity index (χ1v) is 10.5. The minimum atomic E-state index is -0.472. The zero-order chi connectivity index (χ0) is 21.4. The van der Waals surface area contributed by atoms with Crippen LogP contribution in [0.2, 0.25) is 0 Å². The van der Waals surface area contributed by atoms with Crippen molar-refractivity contribution in [3.05, 3.63) is 17.1 Å². The maximum absolute atomic E-state index is 11.9. The number of methoxy groups -OCH3 is 1. The lowest BCUT2D eigenvalue weighted by atomic mass is 10.2. The Kier molecular flexibility index (Phi) is 8.67. The lowest BCUT2D eigenvalue weighted by Gasteiger charge is -2.19. The van der Waals surface area contributed by atoms with E-state index in [2.05, 4.69) is 9.88 Å². The highest BCUT2D eigenvalue weighted by Crippen LogP contribution is 2.35. The number of rotatable bonds is 11. The quantitative estimate of drug-likeness (QED) is 0.404. The van der Waals surface area contributed by atoms with Crippen molar-refractivity contribution in [2.75, 3.05) is 47.6 Å². The molecule has 0 fully saturated rings. The molecule has 0 atom stereocenters. The van der Waals surface area contributed by atoms with Gasteiger partial charge in [-0.05, 0) is 34.9 Å². The van der Waals surface area contributed by atoms with Gasteiger partial charge in [-0.25, -0.2) is 4.98 Å². The predicted octanol–water partition coefficient (Wildman–Crippen LogP) is 3.54. The number of nitrogens with zero attached hydrogens (tertiary/aromatic N) is 2. The Bertz CT molecular complexity index is 798. The van der Waals surface area contributed by atoms with E-state index in [0.29, 0.717) is 44.2 Å². The average molecular weight is 425 g/mol. The van der Waals surface area contributed by atoms with Crippen LogP contribution in [0.15, 0.2) is 12.1 Å². The summed E-state index contributed by atoms with van der Waals surface area (Å²) >= 11 is 1.55. The Morgan fingerprint density at radius 2 is 1.90 bits per heavy atom. The van der Waals surface area contributed by atoms with Crippen molar-refractivity contribution in [2.24, 2.45) is 0 Å². The van der Waals surface area contributed by atoms with Crippen molar-refractivity contribution < 1.29 is 23.7 Å². The number of aromatic nitrogens is 1. The molecule has 1 aromatic carbocycles. The Hall–Kier alpha value is -1.90. The number of carbonyl (C=O) groups is 1. The number of aryl methyl sites for hydroxylation is 1. The maximum Gasteiger partial charge on any atom is 0.306 e. The molecule has 162 valence electrons. The van der Waals surface area contributed by atoms with Gasteiger partial charge in [-0.2, -0.15) is 0 Å². The molecule has 1 heterocycles. The van der Waals surface area contributed by atoms with Crippen molar-refractivity contribution in [1.82, 2.24) is 9.88 Å². The molecule has 0 spiro atoms. The van der Waals surface area contributed by atoms with Crippen LogP contribution in [0.3, 0.4) is 0 Å². The fraction of sp³-hybridized carbons (Fsp3) is 0.619. The highest BCUT2D eigenvalue weighted by atomic mass is 32.1. The van der Waals surface area contributed by atoms with Gasteiger partial charge in [-0.15, -0.1) is 11.3 Å². The number of ether oxygens (including phenoxy) is 4. The molecule has 0 bridgehead atoms. The van der Waals surface area contributed by atoms with Crippen LogP contribution in [0.5, 0.6) is 11.5 Å². The van der Waals surface area contributed by atoms with E-state index in [4.69, 9.17) is 18.9 Å². The number of carbonyl (C=O) groups excluding carboxylic acids is 1. The van der Waals surface area contributed by atoms with Gasteiger partial charge in [0.25, 0.3) is 0 Å². The van der Waals surface area contributed by atoms with Crippen LogP contribution in [0.25, 0.3) is 10.2 Å². The van der Waals surface area contributed by atoms with E-state index in [1.54, 1.807) is 18.4 Å². The first-order chi connectivity index (χ1) is 13.7. The van der Waals surface area contributed by atoms with Crippen molar-refractivity contribution in [2.45, 2.75) is 39.2 Å². The van der Waals surface area contributed by atoms with Gasteiger partial charge in [0.2, 0.25) is 0 Å². The molecule has 0 saturated carbocycles. The van der Waals surface area contributed by atoms with Crippen LogP contribution in [-0.4, -0.2) is 69.0 Å². The molecule has 0 aliphatic rings. The van der Waals surface area contributed by atoms with E-state index in [1.807, 2.05) is 47.0 Å². The number of thiazole rings is 1. The van der Waals surface area contributed by atoms with Gasteiger partial charge in [0.15, 0.2) is 11.5 Å². The lowest BCUT2D eigenvalue weighted by Crippen LogP contribution is -2.23. The van der Waals surface area contributed by atoms with Gasteiger partial charge in [0, 0.05) is 25.1 Å². The topological polar surface area (TPSA) is 70.1 Å². The Morgan fingerprint density at radius 1 is 1.14 bits per heavy atom. The van der Waals surface area contributed by atoms with E-state index in [0.717, 1.165) is 21.8 Å². The van der Waals surface area contributed by atoms with Gasteiger partial charge in [-0.3, -0.25) is 4.79 Å². The van der Waals surface area contributed by atoms with E-state index in [9.17, 15) is 4.79 Å². The Balaban J connectivity index is 1.95. The maximum atomic E-state index is 11.9. The normalized spacial score (nSPS) is 11.8. The predicted molar refractivity (Wildman–Crippen MR) is 115 cm³/mol. The molecule has 0 saturated heterocycles. The molecule has 7 nitrogen and oxygen atoms in total. The summed E-state index contributed by atoms with van der Waals surface area (Å²) in [5, 5.41) is 0.886. The van der Waals surface area contributed by atoms with Crippen molar-refractivity contribution in [1.29, 1.82) is 0 Å². The summed E-state index contributed by atoms with van der Waals surface area (Å²) in [6.07, 6.45) is 0.856. The fourth-order valence-electron chi connectivity index (χ4n) is 2.52. The molecule has 0 unspecified atom stereocenters. The molecule has 0 radical (unpaired) electrons. The number of fused-ring (bicyclic) bond motifs is 1. The van der Waals surface area contributed by atoms with Crippen LogP contribution in [0.1, 0.15) is 32.2 Å². The highest BCUT2D eigenvalue weighted by Gasteiger charge is 2.17. The third-order valence-corrected chi connectivity index (χ3v) is 4.93. The van der Waals surface area contributed by atoms with Crippen LogP contribution in [0, 0.1) is 0 Å². The summed E-state index contributed by atoms with van der Waals surface area (Å²) in [6.45, 7) is 8.08. The SMILES string of the molecule is COc1cc2sc(CCC(=O)OC(C)(C)C)nc2cc1OCCOCCN(C)C. The van der Waals surface area contributed by atoms with Gasteiger partial charge < -0.3 is 23.8 Å². The number of esters is 1. The van der Waals surface area contributed by atoms with Crippen LogP contribution >= 0.6 is 11.3 Å². The summed E-state index contributed by atoms with van der Waals surface area (Å²) in [6, 6.07) is 3.80. The van der Waals surface area contributed by atoms with Gasteiger partial charge in [0.1, 0.15) is 12.2 Å². The van der Waals surface area contributed by atoms with Gasteiger partial charge in [0.05, 0.1) is 42.0 Å². The summed E-state index contributed by atoms with van der Waals surface area (Å²) in [7, 11) is 5.64. The van der Waals surface area contributed by atoms with Crippen LogP contribution in [-0.2, 0) is 20.7 Å². The average Bonchev–Trinajstić information content (AvgIpc) is 3.02. The molecule has 1 aromatic heterocycles. The van der Waals surface area contributed by atoms with Crippen LogP contribution in [0.4, 0.5) is 0 Å². The smallest absolute Gasteiger partial charge is 0.306 e. The molecule has 8 heteroatoms. The molecular formula is C21H32N2O5S. The molecule has 2 aromatic rings. The second-order valence-corrected chi connectivity index (χ2v) is 9.04. The van der Waals surface area contributed by atoms with Crippen molar-refractivity contribution in [3.63, 3.8) is 0 Å². The van der Waals surface area contributed by atoms with Gasteiger partial charge >= 0.3 is 5.97 Å². The molecule has 0 aliphatic heterocycles. The molecule has 2 rings (SSSR count). The molecular weight excluding hydrogens is 392 g/mol. The van der Waals surface area contributed by atoms with E-state index < -0.39 is 5.60 Å². The third kappa shape index (κ3) is 8.16. The second-order valence-electron chi connectivity index (χ2n) is 7.93. The first kappa shape index (κ1) is 23.4. The Morgan fingerprint density at radius 3 is 2.55 bits per heavy atom. The minimum Gasteiger partial charge on any atom is -0.493 e.